The third-order valence-corrected chi connectivity index (χ3v) is 2.99. The van der Waals surface area contributed by atoms with E-state index >= 15 is 0 Å². The first-order valence-corrected chi connectivity index (χ1v) is 5.87. The molecule has 2 aromatic carbocycles. The summed E-state index contributed by atoms with van der Waals surface area (Å²) in [4.78, 5) is 8.25. The number of rotatable bonds is 2. The highest BCUT2D eigenvalue weighted by Gasteiger charge is 2.21. The minimum Gasteiger partial charge on any atom is -0.356 e. The average Bonchev–Trinajstić information content (AvgIpc) is 2.40. The zero-order valence-corrected chi connectivity index (χ0v) is 10.9. The van der Waals surface area contributed by atoms with Gasteiger partial charge in [-0.15, -0.1) is 0 Å². The Morgan fingerprint density at radius 2 is 1.05 bits per heavy atom. The Kier molecular flexibility index (Phi) is 5.06. The Morgan fingerprint density at radius 1 is 0.789 bits per heavy atom. The maximum Gasteiger partial charge on any atom is 0.0689 e. The van der Waals surface area contributed by atoms with Gasteiger partial charge in [-0.25, -0.2) is 0 Å². The first-order chi connectivity index (χ1) is 8.94. The summed E-state index contributed by atoms with van der Waals surface area (Å²) in [6, 6.07) is 21.3. The molecule has 0 spiro atoms. The van der Waals surface area contributed by atoms with Crippen LogP contribution in [0.15, 0.2) is 60.7 Å². The fraction of sp³-hybridized carbons (Fsp3) is 0.200. The van der Waals surface area contributed by atoms with Crippen LogP contribution in [0.3, 0.4) is 0 Å². The Labute approximate surface area is 112 Å². The van der Waals surface area contributed by atoms with E-state index in [0.717, 1.165) is 0 Å². The van der Waals surface area contributed by atoms with Gasteiger partial charge in [0.2, 0.25) is 0 Å². The standard InChI is InChI=1S/C15H16.NO3/c1-15(2,13-9-5-3-6-10-13)14-11-7-4-8-12-14;2-1(3)4/h3-12H,1-2H3;/q;-1. The number of hydrogen-bond acceptors (Lipinski definition) is 3. The van der Waals surface area contributed by atoms with Crippen LogP contribution in [-0.2, 0) is 5.41 Å². The molecule has 100 valence electrons. The second-order valence-corrected chi connectivity index (χ2v) is 4.58. The molecule has 0 heterocycles. The van der Waals surface area contributed by atoms with Crippen LogP contribution in [0.1, 0.15) is 25.0 Å². The molecule has 0 fully saturated rings. The van der Waals surface area contributed by atoms with Gasteiger partial charge in [0, 0.05) is 5.41 Å². The van der Waals surface area contributed by atoms with Gasteiger partial charge in [-0.3, -0.25) is 0 Å². The van der Waals surface area contributed by atoms with E-state index in [1.54, 1.807) is 0 Å². The van der Waals surface area contributed by atoms with Crippen LogP contribution in [0, 0.1) is 15.3 Å². The van der Waals surface area contributed by atoms with Gasteiger partial charge in [0.15, 0.2) is 0 Å². The molecule has 0 aliphatic rings. The van der Waals surface area contributed by atoms with Gasteiger partial charge >= 0.3 is 0 Å². The van der Waals surface area contributed by atoms with Gasteiger partial charge in [-0.05, 0) is 11.1 Å². The molecule has 0 atom stereocenters. The molecular formula is C15H16NO3-. The van der Waals surface area contributed by atoms with Crippen molar-refractivity contribution in [2.45, 2.75) is 19.3 Å². The Hall–Kier alpha value is -2.36. The molecule has 0 saturated carbocycles. The van der Waals surface area contributed by atoms with Crippen LogP contribution in [0.2, 0.25) is 0 Å². The van der Waals surface area contributed by atoms with E-state index in [4.69, 9.17) is 15.3 Å². The summed E-state index contributed by atoms with van der Waals surface area (Å²) in [5.74, 6) is 0. The highest BCUT2D eigenvalue weighted by Crippen LogP contribution is 2.30. The van der Waals surface area contributed by atoms with Gasteiger partial charge in [-0.1, -0.05) is 74.5 Å². The smallest absolute Gasteiger partial charge is 0.0689 e. The largest absolute Gasteiger partial charge is 0.356 e. The van der Waals surface area contributed by atoms with Gasteiger partial charge < -0.3 is 15.3 Å². The Morgan fingerprint density at radius 3 is 1.32 bits per heavy atom. The first-order valence-electron chi connectivity index (χ1n) is 5.87. The second-order valence-electron chi connectivity index (χ2n) is 4.58. The lowest BCUT2D eigenvalue weighted by atomic mass is 9.78. The van der Waals surface area contributed by atoms with Crippen molar-refractivity contribution in [3.05, 3.63) is 87.1 Å². The van der Waals surface area contributed by atoms with Crippen molar-refractivity contribution in [3.63, 3.8) is 0 Å². The third kappa shape index (κ3) is 4.43. The maximum absolute atomic E-state index is 8.25. The predicted octanol–water partition coefficient (Wildman–Crippen LogP) is 3.77. The number of benzene rings is 2. The molecule has 0 radical (unpaired) electrons. The number of nitrogens with zero attached hydrogens (tertiary/aromatic N) is 1. The first kappa shape index (κ1) is 14.7. The molecule has 19 heavy (non-hydrogen) atoms. The Balaban J connectivity index is 0.000000399. The lowest BCUT2D eigenvalue weighted by molar-refractivity contribution is -0.402. The van der Waals surface area contributed by atoms with E-state index in [0.29, 0.717) is 0 Å². The van der Waals surface area contributed by atoms with E-state index in [1.165, 1.54) is 11.1 Å². The zero-order valence-electron chi connectivity index (χ0n) is 10.9. The van der Waals surface area contributed by atoms with Crippen molar-refractivity contribution in [2.75, 3.05) is 0 Å². The second kappa shape index (κ2) is 6.54. The molecule has 4 heteroatoms. The third-order valence-electron chi connectivity index (χ3n) is 2.99. The summed E-state index contributed by atoms with van der Waals surface area (Å²) in [7, 11) is 0. The molecule has 2 rings (SSSR count). The Bertz CT molecular complexity index is 464. The van der Waals surface area contributed by atoms with Crippen LogP contribution < -0.4 is 0 Å². The van der Waals surface area contributed by atoms with Crippen molar-refractivity contribution in [1.82, 2.24) is 0 Å². The fourth-order valence-corrected chi connectivity index (χ4v) is 1.88. The molecule has 0 aliphatic heterocycles. The van der Waals surface area contributed by atoms with Crippen molar-refractivity contribution >= 4 is 0 Å². The summed E-state index contributed by atoms with van der Waals surface area (Å²) in [5, 5.41) is 14.8. The van der Waals surface area contributed by atoms with Crippen molar-refractivity contribution in [3.8, 4) is 0 Å². The average molecular weight is 258 g/mol. The predicted molar refractivity (Wildman–Crippen MR) is 75.4 cm³/mol. The molecule has 2 aromatic rings. The van der Waals surface area contributed by atoms with Crippen LogP contribution in [0.5, 0.6) is 0 Å². The monoisotopic (exact) mass is 258 g/mol. The molecular weight excluding hydrogens is 242 g/mol. The molecule has 4 nitrogen and oxygen atoms in total. The van der Waals surface area contributed by atoms with Crippen molar-refractivity contribution < 1.29 is 5.09 Å². The van der Waals surface area contributed by atoms with Crippen LogP contribution in [0.4, 0.5) is 0 Å². The van der Waals surface area contributed by atoms with Gasteiger partial charge in [0.25, 0.3) is 0 Å². The highest BCUT2D eigenvalue weighted by molar-refractivity contribution is 5.36. The summed E-state index contributed by atoms with van der Waals surface area (Å²) >= 11 is 0. The summed E-state index contributed by atoms with van der Waals surface area (Å²) in [6.07, 6.45) is 0. The topological polar surface area (TPSA) is 66.2 Å². The SMILES string of the molecule is CC(C)(c1ccccc1)c1ccccc1.O=[N+]([O-])[O-]. The lowest BCUT2D eigenvalue weighted by Gasteiger charge is -2.25. The zero-order chi connectivity index (χ0) is 14.3. The van der Waals surface area contributed by atoms with Gasteiger partial charge in [0.1, 0.15) is 0 Å². The highest BCUT2D eigenvalue weighted by atomic mass is 16.9. The quantitative estimate of drug-likeness (QED) is 0.608. The molecule has 0 bridgehead atoms. The minimum atomic E-state index is -1.75. The van der Waals surface area contributed by atoms with Gasteiger partial charge in [-0.2, -0.15) is 0 Å². The summed E-state index contributed by atoms with van der Waals surface area (Å²) in [5.41, 5.74) is 2.80. The van der Waals surface area contributed by atoms with Gasteiger partial charge in [0.05, 0.1) is 5.09 Å². The molecule has 0 unspecified atom stereocenters. The number of hydrogen-bond donors (Lipinski definition) is 0. The van der Waals surface area contributed by atoms with Crippen LogP contribution in [0.25, 0.3) is 0 Å². The van der Waals surface area contributed by atoms with E-state index in [1.807, 2.05) is 0 Å². The molecule has 0 N–H and O–H groups in total. The molecule has 0 amide bonds. The molecule has 0 saturated heterocycles. The van der Waals surface area contributed by atoms with Crippen molar-refractivity contribution in [1.29, 1.82) is 0 Å². The summed E-state index contributed by atoms with van der Waals surface area (Å²) < 4.78 is 0. The maximum atomic E-state index is 8.25. The van der Waals surface area contributed by atoms with E-state index in [2.05, 4.69) is 74.5 Å². The van der Waals surface area contributed by atoms with E-state index in [-0.39, 0.29) is 5.41 Å². The minimum absolute atomic E-state index is 0.0858. The van der Waals surface area contributed by atoms with E-state index < -0.39 is 5.09 Å². The van der Waals surface area contributed by atoms with Crippen LogP contribution >= 0.6 is 0 Å². The molecule has 0 aromatic heterocycles. The van der Waals surface area contributed by atoms with Crippen molar-refractivity contribution in [2.24, 2.45) is 0 Å². The lowest BCUT2D eigenvalue weighted by Crippen LogP contribution is -2.18. The fourth-order valence-electron chi connectivity index (χ4n) is 1.88. The molecule has 0 aliphatic carbocycles. The summed E-state index contributed by atoms with van der Waals surface area (Å²) in [6.45, 7) is 4.52. The van der Waals surface area contributed by atoms with Crippen LogP contribution in [-0.4, -0.2) is 5.09 Å². The normalized spacial score (nSPS) is 10.2. The van der Waals surface area contributed by atoms with E-state index in [9.17, 15) is 0 Å².